The zero-order valence-electron chi connectivity index (χ0n) is 19.7. The van der Waals surface area contributed by atoms with Gasteiger partial charge in [-0.05, 0) is 49.9 Å². The fourth-order valence-corrected chi connectivity index (χ4v) is 7.14. The fraction of sp³-hybridized carbons (Fsp3) is 0.545. The lowest BCUT2D eigenvalue weighted by Crippen LogP contribution is -2.41. The highest BCUT2D eigenvalue weighted by Crippen LogP contribution is 2.34. The van der Waals surface area contributed by atoms with Gasteiger partial charge in [-0.25, -0.2) is 21.1 Å². The molecule has 2 aromatic rings. The highest BCUT2D eigenvalue weighted by Gasteiger charge is 2.34. The Kier molecular flexibility index (Phi) is 8.37. The Bertz CT molecular complexity index is 1210. The first-order chi connectivity index (χ1) is 16.1. The molecule has 1 aromatic carbocycles. The fourth-order valence-electron chi connectivity index (χ4n) is 4.12. The van der Waals surface area contributed by atoms with Gasteiger partial charge in [0.1, 0.15) is 5.75 Å². The van der Waals surface area contributed by atoms with E-state index in [4.69, 9.17) is 4.74 Å². The Morgan fingerprint density at radius 1 is 1.09 bits per heavy atom. The standard InChI is InChI=1S/C22H32N4O6S2/c1-4-13-33(28,29)25-12-6-7-18(16-25)21-20(15-23-26(21)34(30,31)14-5-2)24-22(27)17-8-10-19(32-3)11-9-17/h8-11,15,18H,4-7,12-14,16H2,1-3H3,(H,24,27). The van der Waals surface area contributed by atoms with Crippen molar-refractivity contribution in [2.75, 3.05) is 37.0 Å². The molecule has 1 saturated heterocycles. The molecule has 3 rings (SSSR count). The number of benzene rings is 1. The highest BCUT2D eigenvalue weighted by molar-refractivity contribution is 7.89. The molecule has 1 unspecified atom stereocenters. The summed E-state index contributed by atoms with van der Waals surface area (Å²) >= 11 is 0. The summed E-state index contributed by atoms with van der Waals surface area (Å²) < 4.78 is 58.8. The van der Waals surface area contributed by atoms with Crippen molar-refractivity contribution in [3.8, 4) is 5.75 Å². The molecule has 1 aromatic heterocycles. The molecule has 10 nitrogen and oxygen atoms in total. The van der Waals surface area contributed by atoms with E-state index in [1.807, 2.05) is 0 Å². The molecule has 2 heterocycles. The molecule has 0 saturated carbocycles. The second-order valence-corrected chi connectivity index (χ2v) is 12.3. The van der Waals surface area contributed by atoms with E-state index in [9.17, 15) is 21.6 Å². The minimum atomic E-state index is -3.77. The predicted molar refractivity (Wildman–Crippen MR) is 130 cm³/mol. The normalized spacial score (nSPS) is 17.4. The third-order valence-corrected chi connectivity index (χ3v) is 9.51. The number of hydrogen-bond donors (Lipinski definition) is 1. The summed E-state index contributed by atoms with van der Waals surface area (Å²) in [6.07, 6.45) is 3.38. The Labute approximate surface area is 201 Å². The number of carbonyl (C=O) groups is 1. The third-order valence-electron chi connectivity index (χ3n) is 5.73. The third kappa shape index (κ3) is 5.78. The van der Waals surface area contributed by atoms with Crippen LogP contribution < -0.4 is 10.1 Å². The van der Waals surface area contributed by atoms with Crippen LogP contribution in [0.4, 0.5) is 5.69 Å². The molecule has 0 spiro atoms. The van der Waals surface area contributed by atoms with Crippen LogP contribution in [-0.4, -0.2) is 67.9 Å². The predicted octanol–water partition coefficient (Wildman–Crippen LogP) is 2.65. The molecule has 12 heteroatoms. The van der Waals surface area contributed by atoms with Gasteiger partial charge in [-0.1, -0.05) is 13.8 Å². The van der Waals surface area contributed by atoms with Crippen LogP contribution in [0.2, 0.25) is 0 Å². The van der Waals surface area contributed by atoms with Gasteiger partial charge < -0.3 is 10.1 Å². The van der Waals surface area contributed by atoms with E-state index in [1.165, 1.54) is 17.6 Å². The summed E-state index contributed by atoms with van der Waals surface area (Å²) in [6.45, 7) is 4.09. The first-order valence-corrected chi connectivity index (χ1v) is 14.6. The number of methoxy groups -OCH3 is 1. The lowest BCUT2D eigenvalue weighted by Gasteiger charge is -2.32. The van der Waals surface area contributed by atoms with Crippen molar-refractivity contribution in [3.63, 3.8) is 0 Å². The van der Waals surface area contributed by atoms with Gasteiger partial charge in [0.15, 0.2) is 0 Å². The SMILES string of the molecule is CCCS(=O)(=O)N1CCCC(c2c(NC(=O)c3ccc(OC)cc3)cnn2S(=O)(=O)CCC)C1. The summed E-state index contributed by atoms with van der Waals surface area (Å²) in [5.41, 5.74) is 0.943. The van der Waals surface area contributed by atoms with Gasteiger partial charge in [0.2, 0.25) is 10.0 Å². The lowest BCUT2D eigenvalue weighted by molar-refractivity contribution is 0.102. The number of amides is 1. The first kappa shape index (κ1) is 26.2. The highest BCUT2D eigenvalue weighted by atomic mass is 32.2. The summed E-state index contributed by atoms with van der Waals surface area (Å²) in [6, 6.07) is 6.52. The molecule has 0 aliphatic carbocycles. The molecule has 1 aliphatic heterocycles. The number of carbonyl (C=O) groups excluding carboxylic acids is 1. The minimum absolute atomic E-state index is 0.0359. The summed E-state index contributed by atoms with van der Waals surface area (Å²) in [7, 11) is -5.69. The number of nitrogens with one attached hydrogen (secondary N) is 1. The van der Waals surface area contributed by atoms with Gasteiger partial charge in [0.05, 0.1) is 36.2 Å². The molecular formula is C22H32N4O6S2. The van der Waals surface area contributed by atoms with E-state index in [0.29, 0.717) is 49.2 Å². The Balaban J connectivity index is 1.98. The van der Waals surface area contributed by atoms with Crippen molar-refractivity contribution in [2.24, 2.45) is 0 Å². The number of anilines is 1. The van der Waals surface area contributed by atoms with Crippen molar-refractivity contribution in [3.05, 3.63) is 41.7 Å². The van der Waals surface area contributed by atoms with Gasteiger partial charge in [-0.15, -0.1) is 0 Å². The second kappa shape index (κ2) is 10.9. The van der Waals surface area contributed by atoms with Gasteiger partial charge in [0, 0.05) is 24.6 Å². The summed E-state index contributed by atoms with van der Waals surface area (Å²) in [5, 5.41) is 6.88. The van der Waals surface area contributed by atoms with Crippen molar-refractivity contribution >= 4 is 31.6 Å². The quantitative estimate of drug-likeness (QED) is 0.518. The Morgan fingerprint density at radius 3 is 2.35 bits per heavy atom. The molecule has 34 heavy (non-hydrogen) atoms. The zero-order chi connectivity index (χ0) is 24.9. The Morgan fingerprint density at radius 2 is 1.74 bits per heavy atom. The van der Waals surface area contributed by atoms with Crippen LogP contribution >= 0.6 is 0 Å². The monoisotopic (exact) mass is 512 g/mol. The summed E-state index contributed by atoms with van der Waals surface area (Å²) in [5.74, 6) is -0.332. The number of piperidine rings is 1. The van der Waals surface area contributed by atoms with Gasteiger partial charge in [0.25, 0.3) is 15.9 Å². The second-order valence-electron chi connectivity index (χ2n) is 8.30. The number of aromatic nitrogens is 2. The first-order valence-electron chi connectivity index (χ1n) is 11.4. The van der Waals surface area contributed by atoms with Crippen LogP contribution in [0.1, 0.15) is 61.5 Å². The maximum atomic E-state index is 13.0. The van der Waals surface area contributed by atoms with Crippen molar-refractivity contribution in [2.45, 2.75) is 45.4 Å². The molecule has 0 radical (unpaired) electrons. The number of hydrogen-bond acceptors (Lipinski definition) is 7. The van der Waals surface area contributed by atoms with Crippen molar-refractivity contribution in [1.29, 1.82) is 0 Å². The van der Waals surface area contributed by atoms with E-state index >= 15 is 0 Å². The van der Waals surface area contributed by atoms with Crippen molar-refractivity contribution in [1.82, 2.24) is 13.5 Å². The maximum absolute atomic E-state index is 13.0. The molecule has 1 aliphatic rings. The molecule has 1 fully saturated rings. The van der Waals surface area contributed by atoms with Crippen LogP contribution in [-0.2, 0) is 20.0 Å². The van der Waals surface area contributed by atoms with Gasteiger partial charge in [-0.2, -0.15) is 9.19 Å². The van der Waals surface area contributed by atoms with E-state index in [0.717, 1.165) is 4.09 Å². The van der Waals surface area contributed by atoms with E-state index in [-0.39, 0.29) is 23.7 Å². The van der Waals surface area contributed by atoms with Crippen LogP contribution in [0, 0.1) is 0 Å². The molecule has 0 bridgehead atoms. The average molecular weight is 513 g/mol. The van der Waals surface area contributed by atoms with Crippen LogP contribution in [0.3, 0.4) is 0 Å². The average Bonchev–Trinajstić information content (AvgIpc) is 3.23. The van der Waals surface area contributed by atoms with Gasteiger partial charge >= 0.3 is 0 Å². The molecular weight excluding hydrogens is 480 g/mol. The van der Waals surface area contributed by atoms with E-state index < -0.39 is 31.9 Å². The molecule has 188 valence electrons. The molecule has 1 atom stereocenters. The van der Waals surface area contributed by atoms with Crippen LogP contribution in [0.5, 0.6) is 5.75 Å². The minimum Gasteiger partial charge on any atom is -0.497 e. The molecule has 1 N–H and O–H groups in total. The van der Waals surface area contributed by atoms with Gasteiger partial charge in [-0.3, -0.25) is 4.79 Å². The number of ether oxygens (including phenoxy) is 1. The zero-order valence-corrected chi connectivity index (χ0v) is 21.4. The Hall–Kier alpha value is -2.44. The van der Waals surface area contributed by atoms with E-state index in [2.05, 4.69) is 10.4 Å². The largest absolute Gasteiger partial charge is 0.497 e. The number of sulfonamides is 1. The van der Waals surface area contributed by atoms with E-state index in [1.54, 1.807) is 38.1 Å². The van der Waals surface area contributed by atoms with Crippen LogP contribution in [0.15, 0.2) is 30.5 Å². The number of nitrogens with zero attached hydrogens (tertiary/aromatic N) is 3. The summed E-state index contributed by atoms with van der Waals surface area (Å²) in [4.78, 5) is 12.9. The lowest BCUT2D eigenvalue weighted by atomic mass is 9.95. The maximum Gasteiger partial charge on any atom is 0.255 e. The van der Waals surface area contributed by atoms with Crippen LogP contribution in [0.25, 0.3) is 0 Å². The molecule has 1 amide bonds. The topological polar surface area (TPSA) is 128 Å². The van der Waals surface area contributed by atoms with Crippen molar-refractivity contribution < 1.29 is 26.4 Å². The smallest absolute Gasteiger partial charge is 0.255 e. The number of rotatable bonds is 10.